The number of nitrogens with zero attached hydrogens (tertiary/aromatic N) is 3. The summed E-state index contributed by atoms with van der Waals surface area (Å²) in [6.07, 6.45) is 2.01. The molecule has 0 amide bonds. The van der Waals surface area contributed by atoms with Crippen molar-refractivity contribution in [3.05, 3.63) is 80.8 Å². The lowest BCUT2D eigenvalue weighted by atomic mass is 10.2. The van der Waals surface area contributed by atoms with Crippen LogP contribution < -0.4 is 10.5 Å². The molecular formula is C25H27ClN4O5S. The Morgan fingerprint density at radius 3 is 2.28 bits per heavy atom. The number of para-hydroxylation sites is 1. The molecule has 11 heteroatoms. The number of nitrogens with one attached hydrogen (secondary N) is 1. The number of hydrogen-bond acceptors (Lipinski definition) is 6. The van der Waals surface area contributed by atoms with Crippen LogP contribution in [0.25, 0.3) is 10.9 Å². The number of aliphatic carboxylic acids is 2. The Morgan fingerprint density at radius 1 is 0.972 bits per heavy atom. The maximum Gasteiger partial charge on any atom is 0.328 e. The van der Waals surface area contributed by atoms with Crippen molar-refractivity contribution >= 4 is 52.3 Å². The van der Waals surface area contributed by atoms with E-state index in [1.165, 1.54) is 5.69 Å². The van der Waals surface area contributed by atoms with Gasteiger partial charge in [-0.2, -0.15) is 0 Å². The first kappa shape index (κ1) is 27.1. The summed E-state index contributed by atoms with van der Waals surface area (Å²) in [6, 6.07) is 15.5. The maximum atomic E-state index is 12.7. The number of benzene rings is 2. The molecule has 0 unspecified atom stereocenters. The van der Waals surface area contributed by atoms with Crippen LogP contribution in [-0.4, -0.2) is 69.3 Å². The molecule has 1 aliphatic heterocycles. The van der Waals surface area contributed by atoms with Gasteiger partial charge in [0.2, 0.25) is 0 Å². The summed E-state index contributed by atoms with van der Waals surface area (Å²) in [5.74, 6) is -2.51. The van der Waals surface area contributed by atoms with Crippen molar-refractivity contribution in [1.29, 1.82) is 0 Å². The van der Waals surface area contributed by atoms with Gasteiger partial charge in [-0.15, -0.1) is 0 Å². The average Bonchev–Trinajstić information content (AvgIpc) is 2.85. The number of anilines is 1. The first-order chi connectivity index (χ1) is 17.2. The normalized spacial score (nSPS) is 14.0. The average molecular weight is 531 g/mol. The zero-order valence-electron chi connectivity index (χ0n) is 19.5. The fraction of sp³-hybridized carbons (Fsp3) is 0.280. The number of rotatable bonds is 7. The Hall–Kier alpha value is -3.47. The smallest absolute Gasteiger partial charge is 0.328 e. The lowest BCUT2D eigenvalue weighted by Crippen LogP contribution is -2.46. The van der Waals surface area contributed by atoms with Gasteiger partial charge in [-0.05, 0) is 55.5 Å². The topological polar surface area (TPSA) is 119 Å². The van der Waals surface area contributed by atoms with Crippen LogP contribution in [0.1, 0.15) is 6.42 Å². The third kappa shape index (κ3) is 7.77. The van der Waals surface area contributed by atoms with Gasteiger partial charge in [0.25, 0.3) is 5.56 Å². The minimum atomic E-state index is -1.26. The summed E-state index contributed by atoms with van der Waals surface area (Å²) >= 11 is 11.5. The second-order valence-corrected chi connectivity index (χ2v) is 8.93. The van der Waals surface area contributed by atoms with Crippen molar-refractivity contribution in [2.45, 2.75) is 13.0 Å². The Morgan fingerprint density at radius 2 is 1.64 bits per heavy atom. The molecule has 0 bridgehead atoms. The van der Waals surface area contributed by atoms with E-state index in [2.05, 4.69) is 20.9 Å². The van der Waals surface area contributed by atoms with Gasteiger partial charge < -0.3 is 20.1 Å². The Bertz CT molecular complexity index is 1350. The van der Waals surface area contributed by atoms with Crippen LogP contribution in [0.3, 0.4) is 0 Å². The van der Waals surface area contributed by atoms with E-state index in [-0.39, 0.29) is 5.56 Å². The number of aromatic amines is 1. The lowest BCUT2D eigenvalue weighted by Gasteiger charge is -2.36. The number of fused-ring (bicyclic) bond motifs is 1. The molecule has 1 aliphatic rings. The summed E-state index contributed by atoms with van der Waals surface area (Å²) < 4.78 is 2.18. The second kappa shape index (κ2) is 13.0. The van der Waals surface area contributed by atoms with E-state index in [0.29, 0.717) is 28.9 Å². The number of carboxylic acid groups (broad SMARTS) is 2. The largest absolute Gasteiger partial charge is 0.478 e. The fourth-order valence-corrected chi connectivity index (χ4v) is 4.37. The van der Waals surface area contributed by atoms with Gasteiger partial charge >= 0.3 is 11.9 Å². The minimum absolute atomic E-state index is 0.00914. The van der Waals surface area contributed by atoms with Gasteiger partial charge in [-0.1, -0.05) is 29.8 Å². The molecule has 0 radical (unpaired) electrons. The van der Waals surface area contributed by atoms with E-state index in [0.717, 1.165) is 49.7 Å². The van der Waals surface area contributed by atoms with Crippen LogP contribution in [0.5, 0.6) is 0 Å². The van der Waals surface area contributed by atoms with E-state index < -0.39 is 11.9 Å². The van der Waals surface area contributed by atoms with E-state index in [4.69, 9.17) is 34.0 Å². The highest BCUT2D eigenvalue weighted by molar-refractivity contribution is 7.71. The highest BCUT2D eigenvalue weighted by Gasteiger charge is 2.17. The molecule has 0 atom stereocenters. The minimum Gasteiger partial charge on any atom is -0.478 e. The predicted octanol–water partition coefficient (Wildman–Crippen LogP) is 3.64. The highest BCUT2D eigenvalue weighted by Crippen LogP contribution is 2.20. The molecule has 0 aliphatic carbocycles. The van der Waals surface area contributed by atoms with Crippen molar-refractivity contribution in [3.8, 4) is 0 Å². The van der Waals surface area contributed by atoms with Crippen LogP contribution in [0, 0.1) is 4.77 Å². The maximum absolute atomic E-state index is 12.7. The van der Waals surface area contributed by atoms with Crippen molar-refractivity contribution in [2.24, 2.45) is 0 Å². The van der Waals surface area contributed by atoms with Gasteiger partial charge in [0.05, 0.1) is 10.9 Å². The molecule has 4 rings (SSSR count). The summed E-state index contributed by atoms with van der Waals surface area (Å²) in [5.41, 5.74) is 1.97. The summed E-state index contributed by atoms with van der Waals surface area (Å²) in [5, 5.41) is 17.1. The third-order valence-electron chi connectivity index (χ3n) is 5.66. The Balaban J connectivity index is 0.000000392. The number of carbonyl (C=O) groups is 2. The lowest BCUT2D eigenvalue weighted by molar-refractivity contribution is -0.134. The SMILES string of the molecule is O=C(O)/C=C\C(=O)O.O=c1c2ccccc2[nH]c(=S)n1CCCN1CCN(c2cccc(Cl)c2)CC1. The monoisotopic (exact) mass is 530 g/mol. The first-order valence-corrected chi connectivity index (χ1v) is 12.1. The summed E-state index contributed by atoms with van der Waals surface area (Å²) in [4.78, 5) is 39.8. The number of carboxylic acids is 2. The molecule has 0 spiro atoms. The molecule has 2 aromatic carbocycles. The predicted molar refractivity (Wildman–Crippen MR) is 143 cm³/mol. The van der Waals surface area contributed by atoms with Crippen molar-refractivity contribution in [3.63, 3.8) is 0 Å². The van der Waals surface area contributed by atoms with Crippen LogP contribution >= 0.6 is 23.8 Å². The number of H-pyrrole nitrogens is 1. The zero-order chi connectivity index (χ0) is 26.1. The van der Waals surface area contributed by atoms with Crippen LogP contribution in [0.15, 0.2) is 65.5 Å². The van der Waals surface area contributed by atoms with Crippen LogP contribution in [0.2, 0.25) is 5.02 Å². The quantitative estimate of drug-likeness (QED) is 0.313. The van der Waals surface area contributed by atoms with Crippen molar-refractivity contribution < 1.29 is 19.8 Å². The Kier molecular flexibility index (Phi) is 9.80. The zero-order valence-corrected chi connectivity index (χ0v) is 21.0. The molecule has 0 saturated carbocycles. The second-order valence-electron chi connectivity index (χ2n) is 8.10. The number of piperazine rings is 1. The van der Waals surface area contributed by atoms with Crippen molar-refractivity contribution in [2.75, 3.05) is 37.6 Å². The molecular weight excluding hydrogens is 504 g/mol. The van der Waals surface area contributed by atoms with Gasteiger partial charge in [0.15, 0.2) is 4.77 Å². The summed E-state index contributed by atoms with van der Waals surface area (Å²) in [6.45, 7) is 5.57. The number of halogens is 1. The Labute approximate surface area is 217 Å². The molecule has 1 saturated heterocycles. The van der Waals surface area contributed by atoms with Gasteiger partial charge in [-0.25, -0.2) is 9.59 Å². The van der Waals surface area contributed by atoms with E-state index in [9.17, 15) is 14.4 Å². The van der Waals surface area contributed by atoms with Gasteiger partial charge in [-0.3, -0.25) is 14.3 Å². The summed E-state index contributed by atoms with van der Waals surface area (Å²) in [7, 11) is 0. The van der Waals surface area contributed by atoms with Gasteiger partial charge in [0, 0.05) is 55.6 Å². The van der Waals surface area contributed by atoms with Crippen LogP contribution in [-0.2, 0) is 16.1 Å². The first-order valence-electron chi connectivity index (χ1n) is 11.3. The fourth-order valence-electron chi connectivity index (χ4n) is 3.90. The van der Waals surface area contributed by atoms with E-state index in [1.807, 2.05) is 42.5 Å². The van der Waals surface area contributed by atoms with Crippen molar-refractivity contribution in [1.82, 2.24) is 14.5 Å². The number of hydrogen-bond donors (Lipinski definition) is 3. The number of aromatic nitrogens is 2. The van der Waals surface area contributed by atoms with Gasteiger partial charge in [0.1, 0.15) is 0 Å². The molecule has 1 fully saturated rings. The third-order valence-corrected chi connectivity index (χ3v) is 6.22. The standard InChI is InChI=1S/C21H23ClN4OS.C4H4O4/c22-16-5-3-6-17(15-16)25-13-11-24(12-14-25)9-4-10-26-20(27)18-7-1-2-8-19(18)23-21(26)28;5-3(6)1-2-4(7)8/h1-3,5-8,15H,4,9-14H2,(H,23,28);1-2H,(H,5,6)(H,7,8)/b;2-1-. The molecule has 1 aromatic heterocycles. The molecule has 2 heterocycles. The molecule has 190 valence electrons. The molecule has 36 heavy (non-hydrogen) atoms. The van der Waals surface area contributed by atoms with E-state index in [1.54, 1.807) is 4.57 Å². The molecule has 9 nitrogen and oxygen atoms in total. The van der Waals surface area contributed by atoms with E-state index >= 15 is 0 Å². The highest BCUT2D eigenvalue weighted by atomic mass is 35.5. The molecule has 3 aromatic rings. The molecule has 3 N–H and O–H groups in total. The van der Waals surface area contributed by atoms with Crippen LogP contribution in [0.4, 0.5) is 5.69 Å².